The maximum atomic E-state index is 12.2. The van der Waals surface area contributed by atoms with Crippen molar-refractivity contribution >= 4 is 44.1 Å². The summed E-state index contributed by atoms with van der Waals surface area (Å²) in [5.74, 6) is -1.20. The van der Waals surface area contributed by atoms with Gasteiger partial charge in [0.15, 0.2) is 0 Å². The lowest BCUT2D eigenvalue weighted by Crippen LogP contribution is -2.19. The molecule has 3 aromatic rings. The van der Waals surface area contributed by atoms with Crippen molar-refractivity contribution in [2.75, 3.05) is 0 Å². The van der Waals surface area contributed by atoms with Crippen LogP contribution in [0, 0.1) is 0 Å². The van der Waals surface area contributed by atoms with Crippen LogP contribution in [-0.4, -0.2) is 15.6 Å². The number of benzene rings is 1. The Hall–Kier alpha value is -1.92. The van der Waals surface area contributed by atoms with E-state index in [9.17, 15) is 14.7 Å². The molecule has 106 valence electrons. The summed E-state index contributed by atoms with van der Waals surface area (Å²) < 4.78 is 2.80. The van der Waals surface area contributed by atoms with E-state index >= 15 is 0 Å². The predicted molar refractivity (Wildman–Crippen MR) is 86.3 cm³/mol. The maximum absolute atomic E-state index is 12.2. The first-order chi connectivity index (χ1) is 10.1. The number of fused-ring (bicyclic) bond motifs is 1. The molecule has 0 bridgehead atoms. The van der Waals surface area contributed by atoms with E-state index in [2.05, 4.69) is 15.9 Å². The normalized spacial score (nSPS) is 10.9. The number of halogens is 1. The number of carbonyl (C=O) groups is 1. The van der Waals surface area contributed by atoms with Crippen molar-refractivity contribution in [3.63, 3.8) is 0 Å². The van der Waals surface area contributed by atoms with Gasteiger partial charge in [-0.05, 0) is 34.1 Å². The molecule has 0 aliphatic heterocycles. The highest BCUT2D eigenvalue weighted by Crippen LogP contribution is 2.22. The molecule has 3 rings (SSSR count). The van der Waals surface area contributed by atoms with Gasteiger partial charge in [0, 0.05) is 26.3 Å². The second-order valence-electron chi connectivity index (χ2n) is 4.55. The Labute approximate surface area is 132 Å². The Morgan fingerprint density at radius 2 is 2.10 bits per heavy atom. The average molecular weight is 364 g/mol. The molecule has 2 heterocycles. The molecule has 1 N–H and O–H groups in total. The van der Waals surface area contributed by atoms with Crippen LogP contribution in [0.3, 0.4) is 0 Å². The number of thiophene rings is 1. The molecule has 0 amide bonds. The quantitative estimate of drug-likeness (QED) is 0.773. The largest absolute Gasteiger partial charge is 0.477 e. The summed E-state index contributed by atoms with van der Waals surface area (Å²) in [6, 6.07) is 9.04. The Kier molecular flexibility index (Phi) is 3.65. The molecule has 0 fully saturated rings. The summed E-state index contributed by atoms with van der Waals surface area (Å²) in [6.45, 7) is 0.525. The summed E-state index contributed by atoms with van der Waals surface area (Å²) >= 11 is 4.98. The summed E-state index contributed by atoms with van der Waals surface area (Å²) in [4.78, 5) is 24.5. The number of para-hydroxylation sites is 1. The van der Waals surface area contributed by atoms with Crippen molar-refractivity contribution < 1.29 is 9.90 Å². The first-order valence-corrected chi connectivity index (χ1v) is 7.82. The maximum Gasteiger partial charge on any atom is 0.341 e. The first kappa shape index (κ1) is 14.0. The van der Waals surface area contributed by atoms with Gasteiger partial charge in [0.05, 0.1) is 12.1 Å². The average Bonchev–Trinajstić information content (AvgIpc) is 2.87. The standard InChI is InChI=1S/C15H10BrNO3S/c16-9-5-10(21-8-9)6-17-7-12(15(19)20)14(18)11-3-1-2-4-13(11)17/h1-5,7-8H,6H2,(H,19,20). The van der Waals surface area contributed by atoms with Crippen molar-refractivity contribution in [3.05, 3.63) is 67.0 Å². The number of aromatic carboxylic acids is 1. The minimum absolute atomic E-state index is 0.204. The monoisotopic (exact) mass is 363 g/mol. The van der Waals surface area contributed by atoms with Gasteiger partial charge in [0.1, 0.15) is 5.56 Å². The SMILES string of the molecule is O=C(O)c1cn(Cc2cc(Br)cs2)c2ccccc2c1=O. The van der Waals surface area contributed by atoms with Crippen LogP contribution in [-0.2, 0) is 6.54 Å². The lowest BCUT2D eigenvalue weighted by atomic mass is 10.1. The van der Waals surface area contributed by atoms with E-state index in [4.69, 9.17) is 0 Å². The zero-order valence-corrected chi connectivity index (χ0v) is 13.1. The first-order valence-electron chi connectivity index (χ1n) is 6.14. The number of aromatic nitrogens is 1. The molecular formula is C15H10BrNO3S. The van der Waals surface area contributed by atoms with Crippen LogP contribution < -0.4 is 5.43 Å². The molecule has 0 unspecified atom stereocenters. The van der Waals surface area contributed by atoms with Gasteiger partial charge < -0.3 is 9.67 Å². The van der Waals surface area contributed by atoms with E-state index < -0.39 is 11.4 Å². The molecule has 21 heavy (non-hydrogen) atoms. The van der Waals surface area contributed by atoms with Crippen molar-refractivity contribution in [2.24, 2.45) is 0 Å². The van der Waals surface area contributed by atoms with Crippen LogP contribution in [0.5, 0.6) is 0 Å². The minimum Gasteiger partial charge on any atom is -0.477 e. The van der Waals surface area contributed by atoms with Gasteiger partial charge in [-0.3, -0.25) is 4.79 Å². The Bertz CT molecular complexity index is 897. The fraction of sp³-hybridized carbons (Fsp3) is 0.0667. The molecule has 2 aromatic heterocycles. The molecule has 0 saturated heterocycles. The molecule has 1 aromatic carbocycles. The minimum atomic E-state index is -1.20. The van der Waals surface area contributed by atoms with Crippen molar-refractivity contribution in [2.45, 2.75) is 6.54 Å². The second-order valence-corrected chi connectivity index (χ2v) is 6.46. The highest BCUT2D eigenvalue weighted by Gasteiger charge is 2.14. The van der Waals surface area contributed by atoms with E-state index in [-0.39, 0.29) is 5.56 Å². The third kappa shape index (κ3) is 2.64. The van der Waals surface area contributed by atoms with Gasteiger partial charge in [0.2, 0.25) is 5.43 Å². The van der Waals surface area contributed by atoms with Crippen LogP contribution in [0.1, 0.15) is 15.2 Å². The molecular weight excluding hydrogens is 354 g/mol. The highest BCUT2D eigenvalue weighted by atomic mass is 79.9. The highest BCUT2D eigenvalue weighted by molar-refractivity contribution is 9.10. The van der Waals surface area contributed by atoms with Crippen molar-refractivity contribution in [1.82, 2.24) is 4.57 Å². The zero-order chi connectivity index (χ0) is 15.0. The van der Waals surface area contributed by atoms with Gasteiger partial charge in [-0.15, -0.1) is 11.3 Å². The topological polar surface area (TPSA) is 59.3 Å². The summed E-state index contributed by atoms with van der Waals surface area (Å²) in [5, 5.41) is 11.6. The van der Waals surface area contributed by atoms with Crippen LogP contribution >= 0.6 is 27.3 Å². The lowest BCUT2D eigenvalue weighted by Gasteiger charge is -2.11. The molecule has 0 radical (unpaired) electrons. The predicted octanol–water partition coefficient (Wildman–Crippen LogP) is 3.57. The van der Waals surface area contributed by atoms with Crippen LogP contribution in [0.4, 0.5) is 0 Å². The molecule has 4 nitrogen and oxygen atoms in total. The zero-order valence-electron chi connectivity index (χ0n) is 10.7. The summed E-state index contributed by atoms with van der Waals surface area (Å²) in [6.07, 6.45) is 1.42. The Morgan fingerprint density at radius 1 is 1.33 bits per heavy atom. The van der Waals surface area contributed by atoms with E-state index in [0.29, 0.717) is 11.9 Å². The van der Waals surface area contributed by atoms with Crippen LogP contribution in [0.15, 0.2) is 51.2 Å². The smallest absolute Gasteiger partial charge is 0.341 e. The number of hydrogen-bond donors (Lipinski definition) is 1. The van der Waals surface area contributed by atoms with Gasteiger partial charge in [-0.2, -0.15) is 0 Å². The fourth-order valence-corrected chi connectivity index (χ4v) is 3.68. The molecule has 0 spiro atoms. The van der Waals surface area contributed by atoms with Crippen molar-refractivity contribution in [3.8, 4) is 0 Å². The van der Waals surface area contributed by atoms with Crippen LogP contribution in [0.2, 0.25) is 0 Å². The number of pyridine rings is 1. The number of rotatable bonds is 3. The Morgan fingerprint density at radius 3 is 2.76 bits per heavy atom. The third-order valence-electron chi connectivity index (χ3n) is 3.17. The number of hydrogen-bond acceptors (Lipinski definition) is 3. The van der Waals surface area contributed by atoms with Crippen LogP contribution in [0.25, 0.3) is 10.9 Å². The van der Waals surface area contributed by atoms with E-state index in [1.807, 2.05) is 23.6 Å². The number of nitrogens with zero attached hydrogens (tertiary/aromatic N) is 1. The molecule has 0 saturated carbocycles. The van der Waals surface area contributed by atoms with E-state index in [1.165, 1.54) is 6.20 Å². The third-order valence-corrected chi connectivity index (χ3v) is 4.85. The molecule has 0 aliphatic carbocycles. The molecule has 0 aliphatic rings. The van der Waals surface area contributed by atoms with Gasteiger partial charge in [0.25, 0.3) is 0 Å². The van der Waals surface area contributed by atoms with Gasteiger partial charge >= 0.3 is 5.97 Å². The fourth-order valence-electron chi connectivity index (χ4n) is 2.23. The number of carboxylic acid groups (broad SMARTS) is 1. The Balaban J connectivity index is 2.23. The lowest BCUT2D eigenvalue weighted by molar-refractivity contribution is 0.0695. The molecule has 0 atom stereocenters. The van der Waals surface area contributed by atoms with E-state index in [1.54, 1.807) is 28.0 Å². The van der Waals surface area contributed by atoms with Gasteiger partial charge in [-0.25, -0.2) is 4.79 Å². The second kappa shape index (κ2) is 5.46. The number of carboxylic acids is 1. The summed E-state index contributed by atoms with van der Waals surface area (Å²) in [7, 11) is 0. The van der Waals surface area contributed by atoms with E-state index in [0.717, 1.165) is 14.9 Å². The molecule has 6 heteroatoms. The van der Waals surface area contributed by atoms with Gasteiger partial charge in [-0.1, -0.05) is 12.1 Å². The van der Waals surface area contributed by atoms with Crippen molar-refractivity contribution in [1.29, 1.82) is 0 Å². The summed E-state index contributed by atoms with van der Waals surface area (Å²) in [5.41, 5.74) is 0.0862.